The molecule has 0 radical (unpaired) electrons. The van der Waals surface area contributed by atoms with Gasteiger partial charge in [0.15, 0.2) is 11.6 Å². The Kier molecular flexibility index (Phi) is 6.32. The normalized spacial score (nSPS) is 20.4. The summed E-state index contributed by atoms with van der Waals surface area (Å²) in [7, 11) is 1.58. The van der Waals surface area contributed by atoms with E-state index in [1.54, 1.807) is 13.2 Å². The second-order valence-corrected chi connectivity index (χ2v) is 12.6. The van der Waals surface area contributed by atoms with Crippen molar-refractivity contribution in [3.05, 3.63) is 69.3 Å². The van der Waals surface area contributed by atoms with Gasteiger partial charge in [0, 0.05) is 48.0 Å². The summed E-state index contributed by atoms with van der Waals surface area (Å²) in [5, 5.41) is 9.58. The largest absolute Gasteiger partial charge is 0.496 e. The number of Topliss-reactive ketones (excluding diaryl/α,β-unsaturated/α-hetero) is 2. The standard InChI is InChI=1S/C32H35NO6/c1-16-8-10-19(30(36)37)33-29(16)18-9-11-22(38-7)25(17(18)2)28-26-20(34)12-31(3,4)14-23(26)39-24-15-32(5,6)13-21(35)27(24)28/h8-11,28H,12-15H2,1-7H3,(H,36,37). The first-order valence-electron chi connectivity index (χ1n) is 13.3. The van der Waals surface area contributed by atoms with Crippen LogP contribution < -0.4 is 4.74 Å². The summed E-state index contributed by atoms with van der Waals surface area (Å²) in [4.78, 5) is 43.7. The summed E-state index contributed by atoms with van der Waals surface area (Å²) in [5.41, 5.74) is 4.09. The van der Waals surface area contributed by atoms with E-state index in [2.05, 4.69) is 32.7 Å². The lowest BCUT2D eigenvalue weighted by Gasteiger charge is -2.43. The van der Waals surface area contributed by atoms with Gasteiger partial charge in [0.1, 0.15) is 23.0 Å². The maximum absolute atomic E-state index is 13.8. The Hall–Kier alpha value is -3.74. The number of benzene rings is 1. The molecule has 0 amide bonds. The molecule has 39 heavy (non-hydrogen) atoms. The van der Waals surface area contributed by atoms with E-state index in [-0.39, 0.29) is 28.1 Å². The molecule has 204 valence electrons. The molecule has 1 aromatic heterocycles. The fourth-order valence-corrected chi connectivity index (χ4v) is 6.38. The maximum atomic E-state index is 13.8. The minimum Gasteiger partial charge on any atom is -0.496 e. The Morgan fingerprint density at radius 1 is 0.923 bits per heavy atom. The van der Waals surface area contributed by atoms with E-state index in [9.17, 15) is 19.5 Å². The van der Waals surface area contributed by atoms with Crippen LogP contribution in [0.4, 0.5) is 0 Å². The molecule has 0 bridgehead atoms. The van der Waals surface area contributed by atoms with E-state index >= 15 is 0 Å². The number of carboxylic acids is 1. The summed E-state index contributed by atoms with van der Waals surface area (Å²) < 4.78 is 12.3. The van der Waals surface area contributed by atoms with Crippen LogP contribution >= 0.6 is 0 Å². The highest BCUT2D eigenvalue weighted by Gasteiger charge is 2.49. The lowest BCUT2D eigenvalue weighted by atomic mass is 9.65. The lowest BCUT2D eigenvalue weighted by molar-refractivity contribution is -0.120. The molecule has 0 unspecified atom stereocenters. The summed E-state index contributed by atoms with van der Waals surface area (Å²) in [6.45, 7) is 12.0. The molecule has 2 heterocycles. The quantitative estimate of drug-likeness (QED) is 0.484. The van der Waals surface area contributed by atoms with Crippen LogP contribution in [0.3, 0.4) is 0 Å². The summed E-state index contributed by atoms with van der Waals surface area (Å²) in [6, 6.07) is 6.90. The van der Waals surface area contributed by atoms with Gasteiger partial charge in [-0.15, -0.1) is 0 Å². The van der Waals surface area contributed by atoms with Crippen molar-refractivity contribution in [2.75, 3.05) is 7.11 Å². The molecule has 1 N–H and O–H groups in total. The number of carboxylic acid groups (broad SMARTS) is 1. The number of carbonyl (C=O) groups excluding carboxylic acids is 2. The lowest BCUT2D eigenvalue weighted by Crippen LogP contribution is -2.38. The second-order valence-electron chi connectivity index (χ2n) is 12.6. The average Bonchev–Trinajstić information content (AvgIpc) is 2.81. The first-order chi connectivity index (χ1) is 18.2. The number of nitrogens with zero attached hydrogens (tertiary/aromatic N) is 1. The SMILES string of the molecule is COc1ccc(-c2nc(C(=O)O)ccc2C)c(C)c1C1C2=C(CC(C)(C)CC2=O)OC2=C1C(=O)CC(C)(C)C2. The second kappa shape index (κ2) is 9.18. The third kappa shape index (κ3) is 4.58. The molecular weight excluding hydrogens is 494 g/mol. The Balaban J connectivity index is 1.81. The van der Waals surface area contributed by atoms with Crippen LogP contribution in [0.1, 0.15) is 86.5 Å². The number of ether oxygens (including phenoxy) is 2. The van der Waals surface area contributed by atoms with Gasteiger partial charge in [0.05, 0.1) is 18.7 Å². The number of pyridine rings is 1. The van der Waals surface area contributed by atoms with E-state index in [0.29, 0.717) is 59.8 Å². The van der Waals surface area contributed by atoms with E-state index in [0.717, 1.165) is 22.3 Å². The van der Waals surface area contributed by atoms with Crippen molar-refractivity contribution in [2.24, 2.45) is 10.8 Å². The van der Waals surface area contributed by atoms with E-state index in [4.69, 9.17) is 9.47 Å². The van der Waals surface area contributed by atoms with Crippen LogP contribution in [0.15, 0.2) is 46.9 Å². The average molecular weight is 530 g/mol. The van der Waals surface area contributed by atoms with Gasteiger partial charge in [-0.05, 0) is 54.0 Å². The van der Waals surface area contributed by atoms with Crippen LogP contribution in [0, 0.1) is 24.7 Å². The van der Waals surface area contributed by atoms with Crippen molar-refractivity contribution in [3.8, 4) is 17.0 Å². The molecule has 0 fully saturated rings. The fourth-order valence-electron chi connectivity index (χ4n) is 6.38. The summed E-state index contributed by atoms with van der Waals surface area (Å²) in [5.74, 6) is 0.0495. The molecule has 2 aromatic rings. The van der Waals surface area contributed by atoms with Gasteiger partial charge in [0.25, 0.3) is 0 Å². The number of rotatable bonds is 4. The zero-order valence-electron chi connectivity index (χ0n) is 23.7. The molecule has 2 aliphatic carbocycles. The van der Waals surface area contributed by atoms with Crippen molar-refractivity contribution < 1.29 is 29.0 Å². The Bertz CT molecular complexity index is 1450. The molecule has 0 saturated heterocycles. The Labute approximate surface area is 228 Å². The highest BCUT2D eigenvalue weighted by molar-refractivity contribution is 6.06. The van der Waals surface area contributed by atoms with Crippen LogP contribution in [-0.4, -0.2) is 34.7 Å². The molecule has 1 aliphatic heterocycles. The smallest absolute Gasteiger partial charge is 0.354 e. The monoisotopic (exact) mass is 529 g/mol. The van der Waals surface area contributed by atoms with Crippen molar-refractivity contribution >= 4 is 17.5 Å². The molecule has 0 spiro atoms. The molecule has 1 aromatic carbocycles. The van der Waals surface area contributed by atoms with Crippen LogP contribution in [0.2, 0.25) is 0 Å². The van der Waals surface area contributed by atoms with Gasteiger partial charge < -0.3 is 14.6 Å². The predicted octanol–water partition coefficient (Wildman–Crippen LogP) is 6.47. The Morgan fingerprint density at radius 3 is 2.00 bits per heavy atom. The van der Waals surface area contributed by atoms with Gasteiger partial charge in [-0.1, -0.05) is 33.8 Å². The van der Waals surface area contributed by atoms with Gasteiger partial charge in [-0.25, -0.2) is 9.78 Å². The third-order valence-corrected chi connectivity index (χ3v) is 8.14. The minimum atomic E-state index is -1.11. The fraction of sp³-hybridized carbons (Fsp3) is 0.438. The van der Waals surface area contributed by atoms with Gasteiger partial charge >= 0.3 is 5.97 Å². The molecule has 7 nitrogen and oxygen atoms in total. The number of allylic oxidation sites excluding steroid dienone is 4. The van der Waals surface area contributed by atoms with Crippen molar-refractivity contribution in [1.29, 1.82) is 0 Å². The van der Waals surface area contributed by atoms with E-state index in [1.165, 1.54) is 6.07 Å². The molecular formula is C32H35NO6. The number of aryl methyl sites for hydroxylation is 1. The first kappa shape index (κ1) is 26.9. The van der Waals surface area contributed by atoms with Crippen molar-refractivity contribution in [3.63, 3.8) is 0 Å². The number of ketones is 2. The molecule has 3 aliphatic rings. The third-order valence-electron chi connectivity index (χ3n) is 8.14. The van der Waals surface area contributed by atoms with Crippen LogP contribution in [0.5, 0.6) is 5.75 Å². The Morgan fingerprint density at radius 2 is 1.49 bits per heavy atom. The molecule has 7 heteroatoms. The first-order valence-corrected chi connectivity index (χ1v) is 13.3. The maximum Gasteiger partial charge on any atom is 0.354 e. The molecule has 5 rings (SSSR count). The topological polar surface area (TPSA) is 103 Å². The van der Waals surface area contributed by atoms with E-state index < -0.39 is 11.9 Å². The number of methoxy groups -OCH3 is 1. The van der Waals surface area contributed by atoms with Gasteiger partial charge in [0.2, 0.25) is 0 Å². The highest BCUT2D eigenvalue weighted by atomic mass is 16.5. The molecule has 0 saturated carbocycles. The summed E-state index contributed by atoms with van der Waals surface area (Å²) >= 11 is 0. The number of aromatic carboxylic acids is 1. The number of hydrogen-bond acceptors (Lipinski definition) is 6. The number of aromatic nitrogens is 1. The minimum absolute atomic E-state index is 0.0236. The van der Waals surface area contributed by atoms with Crippen LogP contribution in [0.25, 0.3) is 11.3 Å². The zero-order valence-corrected chi connectivity index (χ0v) is 23.7. The van der Waals surface area contributed by atoms with Gasteiger partial charge in [-0.2, -0.15) is 0 Å². The van der Waals surface area contributed by atoms with Crippen molar-refractivity contribution in [2.45, 2.75) is 73.1 Å². The van der Waals surface area contributed by atoms with Gasteiger partial charge in [-0.3, -0.25) is 9.59 Å². The van der Waals surface area contributed by atoms with E-state index in [1.807, 2.05) is 26.0 Å². The predicted molar refractivity (Wildman–Crippen MR) is 147 cm³/mol. The number of hydrogen-bond donors (Lipinski definition) is 1. The zero-order chi connectivity index (χ0) is 28.4. The van der Waals surface area contributed by atoms with Crippen LogP contribution in [-0.2, 0) is 14.3 Å². The summed E-state index contributed by atoms with van der Waals surface area (Å²) in [6.07, 6.45) is 1.91. The number of carbonyl (C=O) groups is 3. The molecule has 0 atom stereocenters. The highest BCUT2D eigenvalue weighted by Crippen LogP contribution is 2.55. The van der Waals surface area contributed by atoms with Crippen molar-refractivity contribution in [1.82, 2.24) is 4.98 Å².